The number of hydrogen-bond acceptors (Lipinski definition) is 6. The van der Waals surface area contributed by atoms with Crippen LogP contribution in [0.4, 0.5) is 0 Å². The van der Waals surface area contributed by atoms with Crippen molar-refractivity contribution >= 4 is 5.97 Å². The number of pyridine rings is 2. The van der Waals surface area contributed by atoms with Gasteiger partial charge in [-0.15, -0.1) is 0 Å². The molecule has 0 bridgehead atoms. The van der Waals surface area contributed by atoms with E-state index in [0.29, 0.717) is 29.9 Å². The van der Waals surface area contributed by atoms with Gasteiger partial charge in [-0.2, -0.15) is 0 Å². The van der Waals surface area contributed by atoms with Crippen molar-refractivity contribution in [2.45, 2.75) is 6.92 Å². The Labute approximate surface area is 145 Å². The molecule has 0 aliphatic carbocycles. The first-order valence-corrected chi connectivity index (χ1v) is 7.75. The molecule has 0 spiro atoms. The molecule has 25 heavy (non-hydrogen) atoms. The van der Waals surface area contributed by atoms with Gasteiger partial charge in [0.25, 0.3) is 0 Å². The van der Waals surface area contributed by atoms with E-state index in [4.69, 9.17) is 14.2 Å². The lowest BCUT2D eigenvalue weighted by Gasteiger charge is -2.08. The maximum Gasteiger partial charge on any atom is 0.357 e. The van der Waals surface area contributed by atoms with Gasteiger partial charge in [0, 0.05) is 24.4 Å². The van der Waals surface area contributed by atoms with E-state index in [2.05, 4.69) is 9.97 Å². The van der Waals surface area contributed by atoms with Gasteiger partial charge in [-0.3, -0.25) is 0 Å². The van der Waals surface area contributed by atoms with Crippen molar-refractivity contribution in [1.29, 1.82) is 0 Å². The van der Waals surface area contributed by atoms with Gasteiger partial charge in [-0.1, -0.05) is 18.2 Å². The van der Waals surface area contributed by atoms with E-state index in [1.807, 2.05) is 12.1 Å². The normalized spacial score (nSPS) is 10.1. The molecule has 3 aromatic rings. The fraction of sp³-hybridized carbons (Fsp3) is 0.105. The third kappa shape index (κ3) is 4.54. The van der Waals surface area contributed by atoms with E-state index < -0.39 is 5.97 Å². The standard InChI is InChI=1S/C19H16N2O4/c1-2-23-19(22)16-9-6-11-18(21-16)25-15-8-5-7-14(13-15)24-17-10-3-4-12-20-17/h3-13H,2H2,1H3. The van der Waals surface area contributed by atoms with Crippen molar-refractivity contribution in [3.05, 3.63) is 72.6 Å². The summed E-state index contributed by atoms with van der Waals surface area (Å²) in [5, 5.41) is 0. The maximum atomic E-state index is 11.7. The summed E-state index contributed by atoms with van der Waals surface area (Å²) in [4.78, 5) is 20.0. The van der Waals surface area contributed by atoms with Crippen molar-refractivity contribution in [3.8, 4) is 23.3 Å². The summed E-state index contributed by atoms with van der Waals surface area (Å²) in [7, 11) is 0. The number of aromatic nitrogens is 2. The number of rotatable bonds is 6. The molecule has 0 fully saturated rings. The molecule has 0 amide bonds. The van der Waals surface area contributed by atoms with E-state index in [0.717, 1.165) is 0 Å². The molecule has 0 saturated heterocycles. The van der Waals surface area contributed by atoms with Crippen molar-refractivity contribution in [3.63, 3.8) is 0 Å². The third-order valence-corrected chi connectivity index (χ3v) is 3.10. The summed E-state index contributed by atoms with van der Waals surface area (Å²) in [6.45, 7) is 2.03. The molecule has 0 saturated carbocycles. The highest BCUT2D eigenvalue weighted by atomic mass is 16.5. The molecule has 6 heteroatoms. The zero-order valence-corrected chi connectivity index (χ0v) is 13.6. The summed E-state index contributed by atoms with van der Waals surface area (Å²) in [6, 6.07) is 17.4. The van der Waals surface area contributed by atoms with Gasteiger partial charge in [-0.05, 0) is 31.2 Å². The first-order chi connectivity index (χ1) is 12.2. The largest absolute Gasteiger partial charge is 0.461 e. The Morgan fingerprint density at radius 2 is 1.64 bits per heavy atom. The van der Waals surface area contributed by atoms with Gasteiger partial charge in [0.15, 0.2) is 5.69 Å². The summed E-state index contributed by atoms with van der Waals surface area (Å²) in [5.74, 6) is 1.41. The number of nitrogens with zero attached hydrogens (tertiary/aromatic N) is 2. The zero-order valence-electron chi connectivity index (χ0n) is 13.6. The van der Waals surface area contributed by atoms with Gasteiger partial charge in [-0.25, -0.2) is 14.8 Å². The quantitative estimate of drug-likeness (QED) is 0.627. The summed E-state index contributed by atoms with van der Waals surface area (Å²) >= 11 is 0. The lowest BCUT2D eigenvalue weighted by atomic mass is 10.3. The zero-order chi connectivity index (χ0) is 17.5. The Morgan fingerprint density at radius 1 is 0.920 bits per heavy atom. The van der Waals surface area contributed by atoms with Crippen LogP contribution in [0.1, 0.15) is 17.4 Å². The summed E-state index contributed by atoms with van der Waals surface area (Å²) in [6.07, 6.45) is 1.65. The van der Waals surface area contributed by atoms with Crippen molar-refractivity contribution in [1.82, 2.24) is 9.97 Å². The van der Waals surface area contributed by atoms with Crippen LogP contribution in [0.2, 0.25) is 0 Å². The molecule has 0 aliphatic rings. The highest BCUT2D eigenvalue weighted by Crippen LogP contribution is 2.26. The third-order valence-electron chi connectivity index (χ3n) is 3.10. The smallest absolute Gasteiger partial charge is 0.357 e. The number of esters is 1. The molecule has 2 aromatic heterocycles. The van der Waals surface area contributed by atoms with Crippen LogP contribution in [0.15, 0.2) is 66.9 Å². The number of hydrogen-bond donors (Lipinski definition) is 0. The average Bonchev–Trinajstić information content (AvgIpc) is 2.63. The van der Waals surface area contributed by atoms with Crippen LogP contribution in [0, 0.1) is 0 Å². The van der Waals surface area contributed by atoms with Crippen LogP contribution in [0.5, 0.6) is 23.3 Å². The van der Waals surface area contributed by atoms with E-state index >= 15 is 0 Å². The second-order valence-electron chi connectivity index (χ2n) is 4.93. The highest BCUT2D eigenvalue weighted by Gasteiger charge is 2.10. The number of benzene rings is 1. The van der Waals surface area contributed by atoms with Crippen LogP contribution in [0.3, 0.4) is 0 Å². The minimum Gasteiger partial charge on any atom is -0.461 e. The monoisotopic (exact) mass is 336 g/mol. The van der Waals surface area contributed by atoms with Crippen LogP contribution in [0.25, 0.3) is 0 Å². The molecule has 126 valence electrons. The van der Waals surface area contributed by atoms with Gasteiger partial charge >= 0.3 is 5.97 Å². The molecule has 0 atom stereocenters. The first kappa shape index (κ1) is 16.4. The fourth-order valence-corrected chi connectivity index (χ4v) is 2.04. The molecule has 2 heterocycles. The number of ether oxygens (including phenoxy) is 3. The average molecular weight is 336 g/mol. The molecule has 0 aliphatic heterocycles. The molecule has 0 radical (unpaired) electrons. The second-order valence-corrected chi connectivity index (χ2v) is 4.93. The second kappa shape index (κ2) is 7.92. The molecule has 0 N–H and O–H groups in total. The number of carbonyl (C=O) groups is 1. The first-order valence-electron chi connectivity index (χ1n) is 7.75. The minimum atomic E-state index is -0.486. The Morgan fingerprint density at radius 3 is 2.36 bits per heavy atom. The Balaban J connectivity index is 1.74. The van der Waals surface area contributed by atoms with E-state index in [1.165, 1.54) is 0 Å². The van der Waals surface area contributed by atoms with E-state index in [-0.39, 0.29) is 5.69 Å². The van der Waals surface area contributed by atoms with Crippen molar-refractivity contribution in [2.75, 3.05) is 6.61 Å². The highest BCUT2D eigenvalue weighted by molar-refractivity contribution is 5.87. The van der Waals surface area contributed by atoms with Gasteiger partial charge in [0.2, 0.25) is 11.8 Å². The predicted molar refractivity (Wildman–Crippen MR) is 91.0 cm³/mol. The van der Waals surface area contributed by atoms with E-state index in [1.54, 1.807) is 61.7 Å². The Kier molecular flexibility index (Phi) is 5.21. The van der Waals surface area contributed by atoms with Crippen molar-refractivity contribution < 1.29 is 19.0 Å². The van der Waals surface area contributed by atoms with Crippen LogP contribution < -0.4 is 9.47 Å². The molecular weight excluding hydrogens is 320 g/mol. The van der Waals surface area contributed by atoms with Gasteiger partial charge in [0.1, 0.15) is 11.5 Å². The molecule has 1 aromatic carbocycles. The molecular formula is C19H16N2O4. The molecule has 3 rings (SSSR count). The lowest BCUT2D eigenvalue weighted by Crippen LogP contribution is -2.07. The lowest BCUT2D eigenvalue weighted by molar-refractivity contribution is 0.0518. The van der Waals surface area contributed by atoms with Crippen LogP contribution in [-0.2, 0) is 4.74 Å². The van der Waals surface area contributed by atoms with Gasteiger partial charge in [0.05, 0.1) is 6.61 Å². The summed E-state index contributed by atoms with van der Waals surface area (Å²) < 4.78 is 16.3. The minimum absolute atomic E-state index is 0.195. The Hall–Kier alpha value is -3.41. The fourth-order valence-electron chi connectivity index (χ4n) is 2.04. The van der Waals surface area contributed by atoms with Crippen LogP contribution in [-0.4, -0.2) is 22.5 Å². The SMILES string of the molecule is CCOC(=O)c1cccc(Oc2cccc(Oc3ccccn3)c2)n1. The summed E-state index contributed by atoms with van der Waals surface area (Å²) in [5.41, 5.74) is 0.195. The Bertz CT molecular complexity index is 853. The molecule has 0 unspecified atom stereocenters. The predicted octanol–water partition coefficient (Wildman–Crippen LogP) is 4.24. The molecule has 6 nitrogen and oxygen atoms in total. The number of carbonyl (C=O) groups excluding carboxylic acids is 1. The van der Waals surface area contributed by atoms with Crippen LogP contribution >= 0.6 is 0 Å². The topological polar surface area (TPSA) is 70.5 Å². The van der Waals surface area contributed by atoms with Crippen molar-refractivity contribution in [2.24, 2.45) is 0 Å². The maximum absolute atomic E-state index is 11.7. The van der Waals surface area contributed by atoms with Gasteiger partial charge < -0.3 is 14.2 Å². The van der Waals surface area contributed by atoms with E-state index in [9.17, 15) is 4.79 Å².